The van der Waals surface area contributed by atoms with Gasteiger partial charge in [-0.25, -0.2) is 0 Å². The minimum Gasteiger partial charge on any atom is -0.481 e. The van der Waals surface area contributed by atoms with E-state index in [0.717, 1.165) is 6.42 Å². The SMILES string of the molecule is CC(C)(C)CC(CC(=O)O)NC(=O)CN1CCCC1=O. The number of carbonyl (C=O) groups excluding carboxylic acids is 2. The molecule has 2 amide bonds. The first-order valence-electron chi connectivity index (χ1n) is 6.96. The summed E-state index contributed by atoms with van der Waals surface area (Å²) in [6.45, 7) is 6.63. The number of amides is 2. The van der Waals surface area contributed by atoms with Crippen LogP contribution in [0.4, 0.5) is 0 Å². The molecule has 0 spiro atoms. The van der Waals surface area contributed by atoms with Crippen molar-refractivity contribution in [2.24, 2.45) is 5.41 Å². The normalized spacial score (nSPS) is 17.1. The number of carboxylic acid groups (broad SMARTS) is 1. The van der Waals surface area contributed by atoms with Crippen LogP contribution in [0.3, 0.4) is 0 Å². The third kappa shape index (κ3) is 6.04. The van der Waals surface area contributed by atoms with Gasteiger partial charge in [-0.05, 0) is 18.3 Å². The second kappa shape index (κ2) is 6.72. The Labute approximate surface area is 119 Å². The van der Waals surface area contributed by atoms with Crippen LogP contribution < -0.4 is 5.32 Å². The number of carboxylic acids is 1. The summed E-state index contributed by atoms with van der Waals surface area (Å²) in [6, 6.07) is -0.405. The smallest absolute Gasteiger partial charge is 0.305 e. The Hall–Kier alpha value is -1.59. The van der Waals surface area contributed by atoms with Crippen molar-refractivity contribution in [1.29, 1.82) is 0 Å². The van der Waals surface area contributed by atoms with Crippen LogP contribution in [-0.2, 0) is 14.4 Å². The van der Waals surface area contributed by atoms with Crippen molar-refractivity contribution in [1.82, 2.24) is 10.2 Å². The molecule has 0 aromatic heterocycles. The molecule has 1 heterocycles. The van der Waals surface area contributed by atoms with Gasteiger partial charge in [0.05, 0.1) is 13.0 Å². The van der Waals surface area contributed by atoms with Gasteiger partial charge in [-0.1, -0.05) is 20.8 Å². The molecule has 1 fully saturated rings. The van der Waals surface area contributed by atoms with Gasteiger partial charge in [-0.15, -0.1) is 0 Å². The summed E-state index contributed by atoms with van der Waals surface area (Å²) in [4.78, 5) is 35.8. The van der Waals surface area contributed by atoms with E-state index in [0.29, 0.717) is 19.4 Å². The van der Waals surface area contributed by atoms with Gasteiger partial charge >= 0.3 is 5.97 Å². The van der Waals surface area contributed by atoms with Crippen molar-refractivity contribution in [3.8, 4) is 0 Å². The van der Waals surface area contributed by atoms with Gasteiger partial charge in [0.15, 0.2) is 0 Å². The zero-order valence-corrected chi connectivity index (χ0v) is 12.4. The van der Waals surface area contributed by atoms with Gasteiger partial charge < -0.3 is 15.3 Å². The van der Waals surface area contributed by atoms with E-state index in [9.17, 15) is 14.4 Å². The lowest BCUT2D eigenvalue weighted by Crippen LogP contribution is -2.44. The number of rotatable bonds is 6. The fraction of sp³-hybridized carbons (Fsp3) is 0.786. The molecule has 0 radical (unpaired) electrons. The van der Waals surface area contributed by atoms with Gasteiger partial charge in [0.25, 0.3) is 0 Å². The molecule has 2 N–H and O–H groups in total. The number of nitrogens with one attached hydrogen (secondary N) is 1. The highest BCUT2D eigenvalue weighted by Gasteiger charge is 2.26. The Morgan fingerprint density at radius 2 is 2.05 bits per heavy atom. The second-order valence-electron chi connectivity index (χ2n) is 6.55. The van der Waals surface area contributed by atoms with E-state index >= 15 is 0 Å². The van der Waals surface area contributed by atoms with E-state index in [1.807, 2.05) is 20.8 Å². The molecule has 6 heteroatoms. The van der Waals surface area contributed by atoms with Crippen LogP contribution in [-0.4, -0.2) is 46.9 Å². The van der Waals surface area contributed by atoms with Crippen LogP contribution in [0.2, 0.25) is 0 Å². The van der Waals surface area contributed by atoms with Crippen LogP contribution in [0, 0.1) is 5.41 Å². The lowest BCUT2D eigenvalue weighted by molar-refractivity contribution is -0.138. The monoisotopic (exact) mass is 284 g/mol. The zero-order valence-electron chi connectivity index (χ0n) is 12.4. The molecular formula is C14H24N2O4. The standard InChI is InChI=1S/C14H24N2O4/c1-14(2,3)8-10(7-13(19)20)15-11(17)9-16-6-4-5-12(16)18/h10H,4-9H2,1-3H3,(H,15,17)(H,19,20). The molecule has 6 nitrogen and oxygen atoms in total. The first-order chi connectivity index (χ1) is 9.17. The van der Waals surface area contributed by atoms with Crippen LogP contribution >= 0.6 is 0 Å². The highest BCUT2D eigenvalue weighted by molar-refractivity contribution is 5.86. The summed E-state index contributed by atoms with van der Waals surface area (Å²) in [7, 11) is 0. The molecule has 0 aromatic rings. The molecule has 1 saturated heterocycles. The third-order valence-corrected chi connectivity index (χ3v) is 3.15. The van der Waals surface area contributed by atoms with Crippen LogP contribution in [0.5, 0.6) is 0 Å². The first kappa shape index (κ1) is 16.5. The fourth-order valence-electron chi connectivity index (χ4n) is 2.44. The predicted molar refractivity (Wildman–Crippen MR) is 74.1 cm³/mol. The lowest BCUT2D eigenvalue weighted by atomic mass is 9.87. The summed E-state index contributed by atoms with van der Waals surface area (Å²) in [5.74, 6) is -1.22. The highest BCUT2D eigenvalue weighted by Crippen LogP contribution is 2.22. The average Bonchev–Trinajstić information content (AvgIpc) is 2.60. The quantitative estimate of drug-likeness (QED) is 0.762. The number of aliphatic carboxylic acids is 1. The minimum atomic E-state index is -0.934. The van der Waals surface area contributed by atoms with E-state index in [1.54, 1.807) is 0 Å². The van der Waals surface area contributed by atoms with Crippen molar-refractivity contribution in [2.75, 3.05) is 13.1 Å². The Morgan fingerprint density at radius 1 is 1.40 bits per heavy atom. The molecule has 1 aliphatic rings. The Bertz CT molecular complexity index is 387. The molecule has 20 heavy (non-hydrogen) atoms. The minimum absolute atomic E-state index is 0.00856. The molecule has 1 unspecified atom stereocenters. The van der Waals surface area contributed by atoms with E-state index in [2.05, 4.69) is 5.32 Å². The Kier molecular flexibility index (Phi) is 5.53. The maximum Gasteiger partial charge on any atom is 0.305 e. The van der Waals surface area contributed by atoms with E-state index in [1.165, 1.54) is 4.90 Å². The van der Waals surface area contributed by atoms with Gasteiger partial charge in [-0.2, -0.15) is 0 Å². The van der Waals surface area contributed by atoms with Crippen LogP contribution in [0.25, 0.3) is 0 Å². The second-order valence-corrected chi connectivity index (χ2v) is 6.55. The first-order valence-corrected chi connectivity index (χ1v) is 6.96. The van der Waals surface area contributed by atoms with Crippen molar-refractivity contribution < 1.29 is 19.5 Å². The maximum atomic E-state index is 11.9. The molecule has 1 aliphatic heterocycles. The van der Waals surface area contributed by atoms with Crippen LogP contribution in [0.1, 0.15) is 46.5 Å². The van der Waals surface area contributed by atoms with Crippen molar-refractivity contribution in [2.45, 2.75) is 52.5 Å². The van der Waals surface area contributed by atoms with E-state index in [4.69, 9.17) is 5.11 Å². The van der Waals surface area contributed by atoms with Gasteiger partial charge in [0, 0.05) is 19.0 Å². The maximum absolute atomic E-state index is 11.9. The number of nitrogens with zero attached hydrogens (tertiary/aromatic N) is 1. The van der Waals surface area contributed by atoms with Crippen molar-refractivity contribution in [3.05, 3.63) is 0 Å². The molecule has 114 valence electrons. The number of carbonyl (C=O) groups is 3. The zero-order chi connectivity index (χ0) is 15.3. The summed E-state index contributed by atoms with van der Waals surface area (Å²) >= 11 is 0. The Balaban J connectivity index is 2.52. The molecule has 0 aliphatic carbocycles. The Morgan fingerprint density at radius 3 is 2.50 bits per heavy atom. The number of hydrogen-bond acceptors (Lipinski definition) is 3. The molecule has 0 saturated carbocycles. The van der Waals surface area contributed by atoms with Gasteiger partial charge in [0.2, 0.25) is 11.8 Å². The topological polar surface area (TPSA) is 86.7 Å². The van der Waals surface area contributed by atoms with Crippen molar-refractivity contribution >= 4 is 17.8 Å². The molecule has 1 rings (SSSR count). The molecular weight excluding hydrogens is 260 g/mol. The number of hydrogen-bond donors (Lipinski definition) is 2. The summed E-state index contributed by atoms with van der Waals surface area (Å²) in [5, 5.41) is 11.6. The van der Waals surface area contributed by atoms with Crippen molar-refractivity contribution in [3.63, 3.8) is 0 Å². The highest BCUT2D eigenvalue weighted by atomic mass is 16.4. The fourth-order valence-corrected chi connectivity index (χ4v) is 2.44. The summed E-state index contributed by atoms with van der Waals surface area (Å²) < 4.78 is 0. The van der Waals surface area contributed by atoms with E-state index in [-0.39, 0.29) is 30.2 Å². The lowest BCUT2D eigenvalue weighted by Gasteiger charge is -2.26. The third-order valence-electron chi connectivity index (χ3n) is 3.15. The molecule has 0 bridgehead atoms. The number of likely N-dealkylation sites (tertiary alicyclic amines) is 1. The average molecular weight is 284 g/mol. The summed E-state index contributed by atoms with van der Waals surface area (Å²) in [6.07, 6.45) is 1.76. The van der Waals surface area contributed by atoms with Gasteiger partial charge in [-0.3, -0.25) is 14.4 Å². The predicted octanol–water partition coefficient (Wildman–Crippen LogP) is 1.00. The largest absolute Gasteiger partial charge is 0.481 e. The molecule has 0 aromatic carbocycles. The van der Waals surface area contributed by atoms with Crippen LogP contribution in [0.15, 0.2) is 0 Å². The molecule has 1 atom stereocenters. The van der Waals surface area contributed by atoms with E-state index < -0.39 is 12.0 Å². The van der Waals surface area contributed by atoms with Gasteiger partial charge in [0.1, 0.15) is 0 Å². The summed E-state index contributed by atoms with van der Waals surface area (Å²) in [5.41, 5.74) is -0.0726.